The Kier molecular flexibility index (Phi) is 5.01. The first-order valence-corrected chi connectivity index (χ1v) is 8.16. The molecule has 0 aromatic heterocycles. The van der Waals surface area contributed by atoms with E-state index in [1.54, 1.807) is 18.2 Å². The average Bonchev–Trinajstić information content (AvgIpc) is 2.22. The number of rotatable bonds is 5. The van der Waals surface area contributed by atoms with Crippen LogP contribution in [0.5, 0.6) is 0 Å². The van der Waals surface area contributed by atoms with Crippen molar-refractivity contribution >= 4 is 31.5 Å². The monoisotopic (exact) mass is 319 g/mol. The summed E-state index contributed by atoms with van der Waals surface area (Å²) in [4.78, 5) is 0. The molecule has 0 spiro atoms. The molecular formula is C12H18BrNO2S. The highest BCUT2D eigenvalue weighted by Gasteiger charge is 2.15. The van der Waals surface area contributed by atoms with Crippen LogP contribution in [0.2, 0.25) is 0 Å². The second-order valence-corrected chi connectivity index (χ2v) is 7.57. The largest absolute Gasteiger partial charge is 0.398 e. The maximum atomic E-state index is 11.9. The minimum atomic E-state index is -3.05. The van der Waals surface area contributed by atoms with Crippen molar-refractivity contribution in [3.8, 4) is 0 Å². The summed E-state index contributed by atoms with van der Waals surface area (Å²) in [5, 5.41) is 0. The van der Waals surface area contributed by atoms with E-state index < -0.39 is 9.84 Å². The number of halogens is 1. The number of benzene rings is 1. The van der Waals surface area contributed by atoms with Crippen LogP contribution < -0.4 is 5.73 Å². The Morgan fingerprint density at radius 1 is 1.35 bits per heavy atom. The van der Waals surface area contributed by atoms with Crippen LogP contribution in [0.15, 0.2) is 22.7 Å². The molecule has 0 aliphatic heterocycles. The van der Waals surface area contributed by atoms with Gasteiger partial charge in [0.2, 0.25) is 0 Å². The fraction of sp³-hybridized carbons (Fsp3) is 0.500. The van der Waals surface area contributed by atoms with Gasteiger partial charge in [0.25, 0.3) is 0 Å². The number of sulfone groups is 1. The molecule has 0 heterocycles. The minimum absolute atomic E-state index is 0.0470. The van der Waals surface area contributed by atoms with Crippen molar-refractivity contribution < 1.29 is 8.42 Å². The second-order valence-electron chi connectivity index (χ2n) is 4.59. The van der Waals surface area contributed by atoms with E-state index in [4.69, 9.17) is 5.73 Å². The van der Waals surface area contributed by atoms with Crippen molar-refractivity contribution in [2.24, 2.45) is 5.92 Å². The van der Waals surface area contributed by atoms with Gasteiger partial charge in [-0.1, -0.05) is 26.0 Å². The smallest absolute Gasteiger partial charge is 0.154 e. The maximum absolute atomic E-state index is 11.9. The van der Waals surface area contributed by atoms with E-state index in [0.717, 1.165) is 5.56 Å². The van der Waals surface area contributed by atoms with Crippen molar-refractivity contribution in [3.05, 3.63) is 28.2 Å². The van der Waals surface area contributed by atoms with Gasteiger partial charge >= 0.3 is 0 Å². The first kappa shape index (κ1) is 14.5. The van der Waals surface area contributed by atoms with Crippen LogP contribution in [0, 0.1) is 5.92 Å². The Bertz CT molecular complexity index is 483. The molecule has 1 rings (SSSR count). The van der Waals surface area contributed by atoms with Crippen LogP contribution in [-0.2, 0) is 15.6 Å². The summed E-state index contributed by atoms with van der Waals surface area (Å²) in [7, 11) is -3.05. The average molecular weight is 320 g/mol. The van der Waals surface area contributed by atoms with Gasteiger partial charge in [-0.25, -0.2) is 8.42 Å². The topological polar surface area (TPSA) is 60.2 Å². The summed E-state index contributed by atoms with van der Waals surface area (Å²) >= 11 is 3.32. The Morgan fingerprint density at radius 2 is 2.00 bits per heavy atom. The lowest BCUT2D eigenvalue weighted by atomic mass is 10.2. The van der Waals surface area contributed by atoms with Gasteiger partial charge in [0, 0.05) is 10.2 Å². The van der Waals surface area contributed by atoms with E-state index in [-0.39, 0.29) is 11.5 Å². The van der Waals surface area contributed by atoms with Crippen molar-refractivity contribution in [1.82, 2.24) is 0 Å². The normalized spacial score (nSPS) is 12.0. The molecule has 3 nitrogen and oxygen atoms in total. The molecule has 1 aromatic carbocycles. The van der Waals surface area contributed by atoms with Gasteiger partial charge in [-0.15, -0.1) is 0 Å². The maximum Gasteiger partial charge on any atom is 0.154 e. The summed E-state index contributed by atoms with van der Waals surface area (Å²) in [6.45, 7) is 4.04. The van der Waals surface area contributed by atoms with Gasteiger partial charge in [0.15, 0.2) is 9.84 Å². The molecule has 0 aliphatic rings. The molecule has 17 heavy (non-hydrogen) atoms. The van der Waals surface area contributed by atoms with Gasteiger partial charge in [-0.3, -0.25) is 0 Å². The zero-order chi connectivity index (χ0) is 13.1. The molecule has 0 saturated carbocycles. The van der Waals surface area contributed by atoms with Crippen LogP contribution in [0.4, 0.5) is 5.69 Å². The summed E-state index contributed by atoms with van der Waals surface area (Å²) in [5.41, 5.74) is 7.02. The molecule has 0 radical (unpaired) electrons. The molecule has 0 bridgehead atoms. The molecule has 0 unspecified atom stereocenters. The lowest BCUT2D eigenvalue weighted by Gasteiger charge is -2.09. The lowest BCUT2D eigenvalue weighted by molar-refractivity contribution is 0.573. The van der Waals surface area contributed by atoms with Crippen LogP contribution in [-0.4, -0.2) is 14.2 Å². The van der Waals surface area contributed by atoms with Crippen molar-refractivity contribution in [2.75, 3.05) is 11.5 Å². The molecule has 0 aliphatic carbocycles. The summed E-state index contributed by atoms with van der Waals surface area (Å²) in [6.07, 6.45) is 0.697. The predicted molar refractivity (Wildman–Crippen MR) is 75.5 cm³/mol. The van der Waals surface area contributed by atoms with E-state index in [2.05, 4.69) is 15.9 Å². The highest BCUT2D eigenvalue weighted by atomic mass is 79.9. The SMILES string of the molecule is CC(C)CCS(=O)(=O)Cc1cccc(N)c1Br. The van der Waals surface area contributed by atoms with E-state index in [1.807, 2.05) is 13.8 Å². The zero-order valence-corrected chi connectivity index (χ0v) is 12.5. The predicted octanol–water partition coefficient (Wildman–Crippen LogP) is 2.99. The third-order valence-electron chi connectivity index (χ3n) is 2.49. The molecule has 0 amide bonds. The number of nitrogen functional groups attached to an aromatic ring is 1. The quantitative estimate of drug-likeness (QED) is 0.849. The first-order chi connectivity index (χ1) is 7.82. The number of hydrogen-bond acceptors (Lipinski definition) is 3. The van der Waals surface area contributed by atoms with Gasteiger partial charge in [0.05, 0.1) is 11.5 Å². The van der Waals surface area contributed by atoms with E-state index in [0.29, 0.717) is 22.5 Å². The fourth-order valence-electron chi connectivity index (χ4n) is 1.44. The zero-order valence-electron chi connectivity index (χ0n) is 10.1. The highest BCUT2D eigenvalue weighted by Crippen LogP contribution is 2.25. The van der Waals surface area contributed by atoms with Crippen LogP contribution in [0.25, 0.3) is 0 Å². The van der Waals surface area contributed by atoms with Crippen molar-refractivity contribution in [3.63, 3.8) is 0 Å². The molecule has 0 fully saturated rings. The number of hydrogen-bond donors (Lipinski definition) is 1. The first-order valence-electron chi connectivity index (χ1n) is 5.55. The molecule has 5 heteroatoms. The van der Waals surface area contributed by atoms with Crippen LogP contribution in [0.3, 0.4) is 0 Å². The minimum Gasteiger partial charge on any atom is -0.398 e. The summed E-state index contributed by atoms with van der Waals surface area (Å²) in [6, 6.07) is 5.30. The van der Waals surface area contributed by atoms with Gasteiger partial charge in [-0.05, 0) is 39.9 Å². The molecule has 96 valence electrons. The van der Waals surface area contributed by atoms with Gasteiger partial charge in [-0.2, -0.15) is 0 Å². The van der Waals surface area contributed by atoms with E-state index in [9.17, 15) is 8.42 Å². The standard InChI is InChI=1S/C12H18BrNO2S/c1-9(2)6-7-17(15,16)8-10-4-3-5-11(14)12(10)13/h3-5,9H,6-8,14H2,1-2H3. The Hall–Kier alpha value is -0.550. The Balaban J connectivity index is 2.80. The second kappa shape index (κ2) is 5.87. The fourth-order valence-corrected chi connectivity index (χ4v) is 3.71. The third-order valence-corrected chi connectivity index (χ3v) is 5.07. The third kappa shape index (κ3) is 4.68. The molecular weight excluding hydrogens is 302 g/mol. The molecule has 0 atom stereocenters. The summed E-state index contributed by atoms with van der Waals surface area (Å²) < 4.78 is 24.5. The van der Waals surface area contributed by atoms with Gasteiger partial charge < -0.3 is 5.73 Å². The molecule has 2 N–H and O–H groups in total. The lowest BCUT2D eigenvalue weighted by Crippen LogP contribution is -2.12. The number of anilines is 1. The summed E-state index contributed by atoms with van der Waals surface area (Å²) in [5.74, 6) is 0.672. The highest BCUT2D eigenvalue weighted by molar-refractivity contribution is 9.10. The van der Waals surface area contributed by atoms with Crippen LogP contribution in [0.1, 0.15) is 25.8 Å². The Labute approximate surface area is 111 Å². The molecule has 0 saturated heterocycles. The van der Waals surface area contributed by atoms with E-state index >= 15 is 0 Å². The molecule has 1 aromatic rings. The van der Waals surface area contributed by atoms with Crippen LogP contribution >= 0.6 is 15.9 Å². The Morgan fingerprint density at radius 3 is 2.59 bits per heavy atom. The van der Waals surface area contributed by atoms with Crippen molar-refractivity contribution in [2.45, 2.75) is 26.0 Å². The number of nitrogens with two attached hydrogens (primary N) is 1. The van der Waals surface area contributed by atoms with Crippen molar-refractivity contribution in [1.29, 1.82) is 0 Å². The van der Waals surface area contributed by atoms with E-state index in [1.165, 1.54) is 0 Å². The van der Waals surface area contributed by atoms with Gasteiger partial charge in [0.1, 0.15) is 0 Å².